The molecule has 3 aromatic rings. The van der Waals surface area contributed by atoms with Crippen molar-refractivity contribution in [3.05, 3.63) is 48.5 Å². The van der Waals surface area contributed by atoms with E-state index in [1.165, 1.54) is 0 Å². The Kier molecular flexibility index (Phi) is 1.96. The summed E-state index contributed by atoms with van der Waals surface area (Å²) in [6.45, 7) is 1.98. The average molecular weight is 209 g/mol. The Hall–Kier alpha value is -2.16. The van der Waals surface area contributed by atoms with E-state index >= 15 is 0 Å². The third-order valence-electron chi connectivity index (χ3n) is 2.64. The fourth-order valence-corrected chi connectivity index (χ4v) is 1.74. The van der Waals surface area contributed by atoms with Gasteiger partial charge in [-0.3, -0.25) is 4.98 Å². The summed E-state index contributed by atoms with van der Waals surface area (Å²) in [5.41, 5.74) is 4.14. The largest absolute Gasteiger partial charge is 0.346 e. The molecule has 0 aliphatic heterocycles. The zero-order valence-corrected chi connectivity index (χ0v) is 8.94. The summed E-state index contributed by atoms with van der Waals surface area (Å²) in [5.74, 6) is 0. The predicted octanol–water partition coefficient (Wildman–Crippen LogP) is 2.93. The van der Waals surface area contributed by atoms with E-state index in [2.05, 4.69) is 27.1 Å². The SMILES string of the molecule is Cc1ccc(-c2cnc3[nH]ccc3c2)cn1. The molecule has 78 valence electrons. The molecule has 0 aliphatic rings. The van der Waals surface area contributed by atoms with E-state index in [-0.39, 0.29) is 0 Å². The van der Waals surface area contributed by atoms with E-state index in [0.29, 0.717) is 0 Å². The Morgan fingerprint density at radius 2 is 1.88 bits per heavy atom. The van der Waals surface area contributed by atoms with Gasteiger partial charge in [0.15, 0.2) is 0 Å². The monoisotopic (exact) mass is 209 g/mol. The maximum atomic E-state index is 4.36. The lowest BCUT2D eigenvalue weighted by molar-refractivity contribution is 1.20. The number of H-pyrrole nitrogens is 1. The third kappa shape index (κ3) is 1.46. The molecule has 3 aromatic heterocycles. The molecule has 3 heterocycles. The first-order valence-corrected chi connectivity index (χ1v) is 5.19. The van der Waals surface area contributed by atoms with Crippen molar-refractivity contribution < 1.29 is 0 Å². The smallest absolute Gasteiger partial charge is 0.137 e. The van der Waals surface area contributed by atoms with E-state index in [0.717, 1.165) is 27.9 Å². The maximum absolute atomic E-state index is 4.36. The summed E-state index contributed by atoms with van der Waals surface area (Å²) in [6, 6.07) is 8.22. The van der Waals surface area contributed by atoms with Crippen LogP contribution in [-0.4, -0.2) is 15.0 Å². The summed E-state index contributed by atoms with van der Waals surface area (Å²) in [5, 5.41) is 1.12. The summed E-state index contributed by atoms with van der Waals surface area (Å²) >= 11 is 0. The van der Waals surface area contributed by atoms with Crippen LogP contribution in [0.2, 0.25) is 0 Å². The van der Waals surface area contributed by atoms with Crippen LogP contribution in [0.25, 0.3) is 22.2 Å². The van der Waals surface area contributed by atoms with Crippen molar-refractivity contribution in [1.29, 1.82) is 0 Å². The second kappa shape index (κ2) is 3.45. The van der Waals surface area contributed by atoms with Crippen molar-refractivity contribution in [3.8, 4) is 11.1 Å². The van der Waals surface area contributed by atoms with Gasteiger partial charge in [0.05, 0.1) is 0 Å². The summed E-state index contributed by atoms with van der Waals surface area (Å²) in [6.07, 6.45) is 5.64. The quantitative estimate of drug-likeness (QED) is 0.669. The van der Waals surface area contributed by atoms with Crippen molar-refractivity contribution in [2.24, 2.45) is 0 Å². The molecular formula is C13H11N3. The Morgan fingerprint density at radius 1 is 1.00 bits per heavy atom. The second-order valence-corrected chi connectivity index (χ2v) is 3.83. The van der Waals surface area contributed by atoms with Gasteiger partial charge in [0.25, 0.3) is 0 Å². The average Bonchev–Trinajstić information content (AvgIpc) is 2.77. The molecule has 0 saturated carbocycles. The fourth-order valence-electron chi connectivity index (χ4n) is 1.74. The van der Waals surface area contributed by atoms with Crippen molar-refractivity contribution in [2.75, 3.05) is 0 Å². The van der Waals surface area contributed by atoms with Gasteiger partial charge >= 0.3 is 0 Å². The topological polar surface area (TPSA) is 41.6 Å². The summed E-state index contributed by atoms with van der Waals surface area (Å²) < 4.78 is 0. The van der Waals surface area contributed by atoms with Crippen LogP contribution in [0, 0.1) is 6.92 Å². The molecule has 1 N–H and O–H groups in total. The van der Waals surface area contributed by atoms with Gasteiger partial charge in [0, 0.05) is 40.8 Å². The molecule has 0 fully saturated rings. The van der Waals surface area contributed by atoms with E-state index in [1.54, 1.807) is 0 Å². The van der Waals surface area contributed by atoms with Crippen LogP contribution in [0.3, 0.4) is 0 Å². The van der Waals surface area contributed by atoms with Gasteiger partial charge in [-0.05, 0) is 25.1 Å². The van der Waals surface area contributed by atoms with Crippen molar-refractivity contribution in [3.63, 3.8) is 0 Å². The summed E-state index contributed by atoms with van der Waals surface area (Å²) in [7, 11) is 0. The van der Waals surface area contributed by atoms with Crippen LogP contribution in [0.1, 0.15) is 5.69 Å². The Labute approximate surface area is 93.2 Å². The molecule has 16 heavy (non-hydrogen) atoms. The number of pyridine rings is 2. The molecule has 0 amide bonds. The first-order chi connectivity index (χ1) is 7.83. The van der Waals surface area contributed by atoms with E-state index in [4.69, 9.17) is 0 Å². The number of fused-ring (bicyclic) bond motifs is 1. The van der Waals surface area contributed by atoms with Gasteiger partial charge in [-0.1, -0.05) is 6.07 Å². The molecule has 0 radical (unpaired) electrons. The number of hydrogen-bond donors (Lipinski definition) is 1. The number of nitrogens with one attached hydrogen (secondary N) is 1. The number of aromatic nitrogens is 3. The lowest BCUT2D eigenvalue weighted by Gasteiger charge is -2.01. The first-order valence-electron chi connectivity index (χ1n) is 5.19. The minimum Gasteiger partial charge on any atom is -0.346 e. The van der Waals surface area contributed by atoms with Crippen molar-refractivity contribution in [2.45, 2.75) is 6.92 Å². The molecular weight excluding hydrogens is 198 g/mol. The zero-order chi connectivity index (χ0) is 11.0. The number of hydrogen-bond acceptors (Lipinski definition) is 2. The van der Waals surface area contributed by atoms with Gasteiger partial charge in [-0.2, -0.15) is 0 Å². The van der Waals surface area contributed by atoms with E-state index in [1.807, 2.05) is 37.6 Å². The van der Waals surface area contributed by atoms with Gasteiger partial charge in [-0.15, -0.1) is 0 Å². The van der Waals surface area contributed by atoms with E-state index in [9.17, 15) is 0 Å². The van der Waals surface area contributed by atoms with Gasteiger partial charge < -0.3 is 4.98 Å². The van der Waals surface area contributed by atoms with Crippen LogP contribution in [0.5, 0.6) is 0 Å². The number of rotatable bonds is 1. The van der Waals surface area contributed by atoms with Gasteiger partial charge in [-0.25, -0.2) is 4.98 Å². The standard InChI is InChI=1S/C13H11N3/c1-9-2-3-11(7-15-9)12-6-10-4-5-14-13(10)16-8-12/h2-8H,1H3,(H,14,16). The zero-order valence-electron chi connectivity index (χ0n) is 8.94. The molecule has 0 bridgehead atoms. The molecule has 3 rings (SSSR count). The highest BCUT2D eigenvalue weighted by atomic mass is 14.8. The first kappa shape index (κ1) is 9.09. The Balaban J connectivity index is 2.14. The molecule has 0 aromatic carbocycles. The summed E-state index contributed by atoms with van der Waals surface area (Å²) in [4.78, 5) is 11.7. The van der Waals surface area contributed by atoms with Gasteiger partial charge in [0.2, 0.25) is 0 Å². The number of aryl methyl sites for hydroxylation is 1. The van der Waals surface area contributed by atoms with Crippen LogP contribution >= 0.6 is 0 Å². The number of aromatic amines is 1. The molecule has 3 heteroatoms. The lowest BCUT2D eigenvalue weighted by atomic mass is 10.1. The molecule has 0 atom stereocenters. The minimum absolute atomic E-state index is 0.920. The van der Waals surface area contributed by atoms with Crippen LogP contribution in [-0.2, 0) is 0 Å². The van der Waals surface area contributed by atoms with Crippen LogP contribution in [0.15, 0.2) is 42.9 Å². The van der Waals surface area contributed by atoms with Crippen molar-refractivity contribution >= 4 is 11.0 Å². The van der Waals surface area contributed by atoms with Gasteiger partial charge in [0.1, 0.15) is 5.65 Å². The Morgan fingerprint density at radius 3 is 2.69 bits per heavy atom. The molecule has 0 saturated heterocycles. The maximum Gasteiger partial charge on any atom is 0.137 e. The molecule has 0 aliphatic carbocycles. The van der Waals surface area contributed by atoms with Crippen LogP contribution in [0.4, 0.5) is 0 Å². The molecule has 3 nitrogen and oxygen atoms in total. The Bertz CT molecular complexity index is 623. The van der Waals surface area contributed by atoms with Crippen LogP contribution < -0.4 is 0 Å². The predicted molar refractivity (Wildman–Crippen MR) is 64.1 cm³/mol. The highest BCUT2D eigenvalue weighted by Crippen LogP contribution is 2.21. The number of nitrogens with zero attached hydrogens (tertiary/aromatic N) is 2. The second-order valence-electron chi connectivity index (χ2n) is 3.83. The van der Waals surface area contributed by atoms with Crippen molar-refractivity contribution in [1.82, 2.24) is 15.0 Å². The molecule has 0 unspecified atom stereocenters. The minimum atomic E-state index is 0.920. The highest BCUT2D eigenvalue weighted by Gasteiger charge is 2.01. The molecule has 0 spiro atoms. The third-order valence-corrected chi connectivity index (χ3v) is 2.64. The van der Waals surface area contributed by atoms with E-state index < -0.39 is 0 Å². The lowest BCUT2D eigenvalue weighted by Crippen LogP contribution is -1.84. The normalized spacial score (nSPS) is 10.8. The fraction of sp³-hybridized carbons (Fsp3) is 0.0769. The highest BCUT2D eigenvalue weighted by molar-refractivity contribution is 5.81.